The van der Waals surface area contributed by atoms with Gasteiger partial charge in [0.1, 0.15) is 35.6 Å². The Hall–Kier alpha value is -2.54. The van der Waals surface area contributed by atoms with Crippen LogP contribution in [-0.4, -0.2) is 46.5 Å². The van der Waals surface area contributed by atoms with E-state index in [1.165, 1.54) is 4.88 Å². The molecule has 0 saturated carbocycles. The van der Waals surface area contributed by atoms with Crippen molar-refractivity contribution in [3.05, 3.63) is 59.2 Å². The van der Waals surface area contributed by atoms with Gasteiger partial charge in [-0.1, -0.05) is 12.1 Å². The molecule has 2 N–H and O–H groups in total. The number of phenolic OH excluding ortho intramolecular Hbond substituents is 1. The van der Waals surface area contributed by atoms with E-state index in [0.29, 0.717) is 18.2 Å². The molecule has 0 amide bonds. The van der Waals surface area contributed by atoms with Crippen molar-refractivity contribution in [3.63, 3.8) is 0 Å². The standard InChI is InChI=1S/C27H31NO4S/c1-17-12-21-23(7-5-8-24(21)32-17)31-16-19(29)15-28-11-10-18(14-27(28,2)3)26-13-20-22(30)6-4-9-25(20)33-26/h4-9,12-13,18-19,29-30H,10-11,14-16H2,1-3H3. The van der Waals surface area contributed by atoms with Gasteiger partial charge < -0.3 is 19.4 Å². The third-order valence-corrected chi connectivity index (χ3v) is 8.08. The molecule has 0 aliphatic carbocycles. The monoisotopic (exact) mass is 465 g/mol. The number of hydrogen-bond donors (Lipinski definition) is 2. The minimum absolute atomic E-state index is 0.0379. The second kappa shape index (κ2) is 8.67. The second-order valence-electron chi connectivity index (χ2n) is 9.78. The van der Waals surface area contributed by atoms with Crippen LogP contribution in [0.1, 0.15) is 43.2 Å². The average Bonchev–Trinajstić information content (AvgIpc) is 3.37. The summed E-state index contributed by atoms with van der Waals surface area (Å²) < 4.78 is 12.8. The fourth-order valence-corrected chi connectivity index (χ4v) is 6.30. The number of benzene rings is 2. The summed E-state index contributed by atoms with van der Waals surface area (Å²) in [5.41, 5.74) is 0.765. The first-order valence-electron chi connectivity index (χ1n) is 11.6. The van der Waals surface area contributed by atoms with E-state index in [1.807, 2.05) is 37.3 Å². The molecule has 2 atom stereocenters. The third kappa shape index (κ3) is 4.47. The molecule has 2 unspecified atom stereocenters. The molecule has 0 spiro atoms. The van der Waals surface area contributed by atoms with E-state index in [9.17, 15) is 10.2 Å². The maximum Gasteiger partial charge on any atom is 0.137 e. The van der Waals surface area contributed by atoms with E-state index in [0.717, 1.165) is 52.0 Å². The van der Waals surface area contributed by atoms with Gasteiger partial charge in [0.05, 0.1) is 5.39 Å². The van der Waals surface area contributed by atoms with E-state index >= 15 is 0 Å². The number of likely N-dealkylation sites (tertiary alicyclic amines) is 1. The van der Waals surface area contributed by atoms with Crippen LogP contribution in [0, 0.1) is 6.92 Å². The van der Waals surface area contributed by atoms with Gasteiger partial charge in [0.25, 0.3) is 0 Å². The largest absolute Gasteiger partial charge is 0.507 e. The normalized spacial score (nSPS) is 19.8. The zero-order valence-electron chi connectivity index (χ0n) is 19.4. The third-order valence-electron chi connectivity index (χ3n) is 6.82. The number of nitrogens with zero attached hydrogens (tertiary/aromatic N) is 1. The molecule has 2 aromatic heterocycles. The molecule has 1 aliphatic heterocycles. The van der Waals surface area contributed by atoms with Crippen molar-refractivity contribution in [1.82, 2.24) is 4.90 Å². The first-order chi connectivity index (χ1) is 15.8. The molecule has 1 fully saturated rings. The molecule has 6 heteroatoms. The Morgan fingerprint density at radius 3 is 2.79 bits per heavy atom. The van der Waals surface area contributed by atoms with E-state index in [2.05, 4.69) is 30.9 Å². The second-order valence-corrected chi connectivity index (χ2v) is 10.9. The topological polar surface area (TPSA) is 66.1 Å². The molecule has 2 aromatic carbocycles. The summed E-state index contributed by atoms with van der Waals surface area (Å²) >= 11 is 1.79. The van der Waals surface area contributed by atoms with Crippen molar-refractivity contribution in [2.45, 2.75) is 51.2 Å². The zero-order chi connectivity index (χ0) is 23.2. The van der Waals surface area contributed by atoms with E-state index < -0.39 is 6.10 Å². The van der Waals surface area contributed by atoms with Gasteiger partial charge in [-0.3, -0.25) is 4.90 Å². The lowest BCUT2D eigenvalue weighted by Gasteiger charge is -2.46. The molecule has 1 saturated heterocycles. The summed E-state index contributed by atoms with van der Waals surface area (Å²) in [6.45, 7) is 8.18. The first kappa shape index (κ1) is 22.3. The Kier molecular flexibility index (Phi) is 5.85. The van der Waals surface area contributed by atoms with Gasteiger partial charge in [-0.15, -0.1) is 11.3 Å². The highest BCUT2D eigenvalue weighted by Gasteiger charge is 2.36. The van der Waals surface area contributed by atoms with Gasteiger partial charge >= 0.3 is 0 Å². The van der Waals surface area contributed by atoms with Crippen LogP contribution in [0.25, 0.3) is 21.1 Å². The first-order valence-corrected chi connectivity index (χ1v) is 12.4. The van der Waals surface area contributed by atoms with Gasteiger partial charge in [0.2, 0.25) is 0 Å². The van der Waals surface area contributed by atoms with Crippen LogP contribution in [0.3, 0.4) is 0 Å². The number of rotatable bonds is 6. The van der Waals surface area contributed by atoms with Crippen molar-refractivity contribution in [2.24, 2.45) is 0 Å². The number of β-amino-alcohol motifs (C(OH)–C–C–N with tert-alkyl or cyclic N) is 1. The number of furan rings is 1. The maximum absolute atomic E-state index is 10.8. The summed E-state index contributed by atoms with van der Waals surface area (Å²) in [6, 6.07) is 15.6. The van der Waals surface area contributed by atoms with Crippen molar-refractivity contribution < 1.29 is 19.4 Å². The number of aromatic hydroxyl groups is 1. The highest BCUT2D eigenvalue weighted by Crippen LogP contribution is 2.43. The highest BCUT2D eigenvalue weighted by molar-refractivity contribution is 7.19. The number of aliphatic hydroxyl groups is 1. The lowest BCUT2D eigenvalue weighted by Crippen LogP contribution is -2.52. The van der Waals surface area contributed by atoms with Crippen LogP contribution in [0.4, 0.5) is 0 Å². The van der Waals surface area contributed by atoms with Crippen LogP contribution in [0.5, 0.6) is 11.5 Å². The minimum Gasteiger partial charge on any atom is -0.507 e. The van der Waals surface area contributed by atoms with Gasteiger partial charge in [-0.05, 0) is 82.5 Å². The number of aryl methyl sites for hydroxylation is 1. The molecular weight excluding hydrogens is 434 g/mol. The van der Waals surface area contributed by atoms with E-state index in [1.54, 1.807) is 17.4 Å². The predicted octanol–water partition coefficient (Wildman–Crippen LogP) is 6.06. The Balaban J connectivity index is 1.22. The molecule has 5 rings (SSSR count). The SMILES string of the molecule is Cc1cc2c(OCC(O)CN3CCC(c4cc5c(O)cccc5s4)CC3(C)C)cccc2o1. The maximum atomic E-state index is 10.8. The summed E-state index contributed by atoms with van der Waals surface area (Å²) in [5, 5.41) is 22.8. The zero-order valence-corrected chi connectivity index (χ0v) is 20.2. The Labute approximate surface area is 198 Å². The lowest BCUT2D eigenvalue weighted by atomic mass is 9.81. The van der Waals surface area contributed by atoms with Crippen LogP contribution in [0.15, 0.2) is 52.9 Å². The molecule has 174 valence electrons. The van der Waals surface area contributed by atoms with Crippen molar-refractivity contribution in [2.75, 3.05) is 19.7 Å². The number of fused-ring (bicyclic) bond motifs is 2. The number of phenols is 1. The van der Waals surface area contributed by atoms with Gasteiger partial charge in [0, 0.05) is 27.0 Å². The number of ether oxygens (including phenoxy) is 1. The fraction of sp³-hybridized carbons (Fsp3) is 0.407. The van der Waals surface area contributed by atoms with Crippen molar-refractivity contribution >= 4 is 32.4 Å². The fourth-order valence-electron chi connectivity index (χ4n) is 5.08. The summed E-state index contributed by atoms with van der Waals surface area (Å²) in [4.78, 5) is 3.72. The van der Waals surface area contributed by atoms with E-state index in [-0.39, 0.29) is 12.1 Å². The highest BCUT2D eigenvalue weighted by atomic mass is 32.1. The minimum atomic E-state index is -0.578. The summed E-state index contributed by atoms with van der Waals surface area (Å²) in [5.74, 6) is 2.41. The Morgan fingerprint density at radius 1 is 1.18 bits per heavy atom. The molecule has 0 bridgehead atoms. The number of aliphatic hydroxyl groups excluding tert-OH is 1. The van der Waals surface area contributed by atoms with Crippen LogP contribution in [0.2, 0.25) is 0 Å². The summed E-state index contributed by atoms with van der Waals surface area (Å²) in [7, 11) is 0. The molecule has 5 nitrogen and oxygen atoms in total. The van der Waals surface area contributed by atoms with Crippen molar-refractivity contribution in [1.29, 1.82) is 0 Å². The smallest absolute Gasteiger partial charge is 0.137 e. The molecule has 1 aliphatic rings. The van der Waals surface area contributed by atoms with Gasteiger partial charge in [0.15, 0.2) is 0 Å². The number of thiophene rings is 1. The van der Waals surface area contributed by atoms with Crippen LogP contribution in [-0.2, 0) is 0 Å². The molecular formula is C27H31NO4S. The number of piperidine rings is 1. The van der Waals surface area contributed by atoms with Gasteiger partial charge in [-0.2, -0.15) is 0 Å². The Morgan fingerprint density at radius 2 is 2.00 bits per heavy atom. The molecule has 3 heterocycles. The average molecular weight is 466 g/mol. The summed E-state index contributed by atoms with van der Waals surface area (Å²) in [6.07, 6.45) is 1.48. The van der Waals surface area contributed by atoms with Gasteiger partial charge in [-0.25, -0.2) is 0 Å². The van der Waals surface area contributed by atoms with E-state index in [4.69, 9.17) is 9.15 Å². The molecule has 33 heavy (non-hydrogen) atoms. The van der Waals surface area contributed by atoms with Crippen LogP contribution >= 0.6 is 11.3 Å². The molecule has 4 aromatic rings. The molecule has 0 radical (unpaired) electrons. The van der Waals surface area contributed by atoms with Crippen molar-refractivity contribution in [3.8, 4) is 11.5 Å². The predicted molar refractivity (Wildman–Crippen MR) is 134 cm³/mol. The van der Waals surface area contributed by atoms with Crippen LogP contribution < -0.4 is 4.74 Å². The quantitative estimate of drug-likeness (QED) is 0.362. The Bertz CT molecular complexity index is 1270. The number of hydrogen-bond acceptors (Lipinski definition) is 6. The lowest BCUT2D eigenvalue weighted by molar-refractivity contribution is 0.00396.